The first-order chi connectivity index (χ1) is 8.45. The van der Waals surface area contributed by atoms with Crippen molar-refractivity contribution in [3.63, 3.8) is 0 Å². The SMILES string of the molecule is COCCNCC(=O)N1CCN(S(C)(=O)=O)CC1. The summed E-state index contributed by atoms with van der Waals surface area (Å²) in [6.07, 6.45) is 1.19. The molecule has 0 aromatic rings. The average molecular weight is 279 g/mol. The summed E-state index contributed by atoms with van der Waals surface area (Å²) >= 11 is 0. The first kappa shape index (κ1) is 15.4. The van der Waals surface area contributed by atoms with Crippen molar-refractivity contribution in [2.24, 2.45) is 0 Å². The molecule has 18 heavy (non-hydrogen) atoms. The largest absolute Gasteiger partial charge is 0.383 e. The van der Waals surface area contributed by atoms with E-state index >= 15 is 0 Å². The minimum atomic E-state index is -3.14. The Kier molecular flexibility index (Phi) is 6.00. The van der Waals surface area contributed by atoms with E-state index in [-0.39, 0.29) is 12.5 Å². The van der Waals surface area contributed by atoms with Crippen LogP contribution in [0, 0.1) is 0 Å². The maximum atomic E-state index is 11.8. The lowest BCUT2D eigenvalue weighted by molar-refractivity contribution is -0.131. The van der Waals surface area contributed by atoms with Gasteiger partial charge in [-0.3, -0.25) is 4.79 Å². The summed E-state index contributed by atoms with van der Waals surface area (Å²) in [4.78, 5) is 13.5. The summed E-state index contributed by atoms with van der Waals surface area (Å²) in [7, 11) is -1.53. The van der Waals surface area contributed by atoms with Crippen LogP contribution in [0.25, 0.3) is 0 Å². The van der Waals surface area contributed by atoms with Crippen LogP contribution in [0.2, 0.25) is 0 Å². The van der Waals surface area contributed by atoms with Crippen LogP contribution in [-0.2, 0) is 19.6 Å². The zero-order valence-corrected chi connectivity index (χ0v) is 11.7. The van der Waals surface area contributed by atoms with Gasteiger partial charge in [0, 0.05) is 39.8 Å². The highest BCUT2D eigenvalue weighted by Gasteiger charge is 2.25. The summed E-state index contributed by atoms with van der Waals surface area (Å²) < 4.78 is 28.9. The molecule has 0 saturated carbocycles. The number of hydrogen-bond donors (Lipinski definition) is 1. The number of hydrogen-bond acceptors (Lipinski definition) is 5. The Balaban J connectivity index is 2.28. The molecule has 0 atom stereocenters. The van der Waals surface area contributed by atoms with E-state index in [1.165, 1.54) is 10.6 Å². The van der Waals surface area contributed by atoms with Crippen molar-refractivity contribution in [2.75, 3.05) is 59.2 Å². The molecule has 1 aliphatic rings. The minimum absolute atomic E-state index is 0.000691. The summed E-state index contributed by atoms with van der Waals surface area (Å²) in [5.41, 5.74) is 0. The fraction of sp³-hybridized carbons (Fsp3) is 0.900. The second-order valence-electron chi connectivity index (χ2n) is 4.21. The fourth-order valence-electron chi connectivity index (χ4n) is 1.75. The highest BCUT2D eigenvalue weighted by molar-refractivity contribution is 7.88. The van der Waals surface area contributed by atoms with Gasteiger partial charge in [-0.2, -0.15) is 4.31 Å². The highest BCUT2D eigenvalue weighted by Crippen LogP contribution is 2.05. The molecular formula is C10H21N3O4S. The van der Waals surface area contributed by atoms with Crippen LogP contribution in [-0.4, -0.2) is 82.8 Å². The van der Waals surface area contributed by atoms with Gasteiger partial charge in [0.2, 0.25) is 15.9 Å². The number of piperazine rings is 1. The first-order valence-electron chi connectivity index (χ1n) is 5.87. The van der Waals surface area contributed by atoms with Gasteiger partial charge in [-0.15, -0.1) is 0 Å². The Hall–Kier alpha value is -0.700. The third kappa shape index (κ3) is 4.89. The molecule has 7 nitrogen and oxygen atoms in total. The summed E-state index contributed by atoms with van der Waals surface area (Å²) in [6, 6.07) is 0. The molecule has 1 rings (SSSR count). The van der Waals surface area contributed by atoms with Gasteiger partial charge < -0.3 is 15.0 Å². The third-order valence-electron chi connectivity index (χ3n) is 2.82. The van der Waals surface area contributed by atoms with Crippen molar-refractivity contribution in [1.29, 1.82) is 0 Å². The number of rotatable bonds is 6. The van der Waals surface area contributed by atoms with E-state index in [2.05, 4.69) is 5.32 Å². The molecule has 1 N–H and O–H groups in total. The molecular weight excluding hydrogens is 258 g/mol. The van der Waals surface area contributed by atoms with Crippen molar-refractivity contribution >= 4 is 15.9 Å². The van der Waals surface area contributed by atoms with Crippen LogP contribution in [0.15, 0.2) is 0 Å². The molecule has 1 saturated heterocycles. The Morgan fingerprint density at radius 2 is 1.89 bits per heavy atom. The molecule has 0 aliphatic carbocycles. The summed E-state index contributed by atoms with van der Waals surface area (Å²) in [5.74, 6) is -0.000691. The van der Waals surface area contributed by atoms with Gasteiger partial charge in [-0.05, 0) is 0 Å². The number of methoxy groups -OCH3 is 1. The predicted molar refractivity (Wildman–Crippen MR) is 67.7 cm³/mol. The second-order valence-corrected chi connectivity index (χ2v) is 6.19. The van der Waals surface area contributed by atoms with Crippen LogP contribution in [0.1, 0.15) is 0 Å². The van der Waals surface area contributed by atoms with Crippen molar-refractivity contribution in [1.82, 2.24) is 14.5 Å². The Labute approximate surface area is 108 Å². The fourth-order valence-corrected chi connectivity index (χ4v) is 2.58. The number of carbonyl (C=O) groups is 1. The molecule has 0 radical (unpaired) electrons. The van der Waals surface area contributed by atoms with Crippen molar-refractivity contribution < 1.29 is 17.9 Å². The molecule has 0 bridgehead atoms. The molecule has 8 heteroatoms. The Bertz CT molecular complexity index is 363. The number of carbonyl (C=O) groups excluding carboxylic acids is 1. The second kappa shape index (κ2) is 7.03. The van der Waals surface area contributed by atoms with E-state index in [1.54, 1.807) is 12.0 Å². The monoisotopic (exact) mass is 279 g/mol. The maximum Gasteiger partial charge on any atom is 0.236 e. The number of amides is 1. The zero-order chi connectivity index (χ0) is 13.6. The third-order valence-corrected chi connectivity index (χ3v) is 4.12. The van der Waals surface area contributed by atoms with Gasteiger partial charge in [0.1, 0.15) is 0 Å². The molecule has 0 spiro atoms. The molecule has 1 heterocycles. The van der Waals surface area contributed by atoms with Gasteiger partial charge in [0.05, 0.1) is 19.4 Å². The molecule has 1 aliphatic heterocycles. The maximum absolute atomic E-state index is 11.8. The summed E-state index contributed by atoms with van der Waals surface area (Å²) in [6.45, 7) is 3.13. The predicted octanol–water partition coefficient (Wildman–Crippen LogP) is -1.67. The highest BCUT2D eigenvalue weighted by atomic mass is 32.2. The van der Waals surface area contributed by atoms with Gasteiger partial charge in [-0.1, -0.05) is 0 Å². The van der Waals surface area contributed by atoms with Gasteiger partial charge >= 0.3 is 0 Å². The van der Waals surface area contributed by atoms with E-state index in [1.807, 2.05) is 0 Å². The first-order valence-corrected chi connectivity index (χ1v) is 7.72. The lowest BCUT2D eigenvalue weighted by Gasteiger charge is -2.33. The van der Waals surface area contributed by atoms with Crippen LogP contribution < -0.4 is 5.32 Å². The lowest BCUT2D eigenvalue weighted by Crippen LogP contribution is -2.52. The van der Waals surface area contributed by atoms with E-state index in [0.29, 0.717) is 39.3 Å². The molecule has 0 aromatic heterocycles. The summed E-state index contributed by atoms with van der Waals surface area (Å²) in [5, 5.41) is 2.98. The number of ether oxygens (including phenoxy) is 1. The quantitative estimate of drug-likeness (QED) is 0.588. The van der Waals surface area contributed by atoms with Crippen LogP contribution >= 0.6 is 0 Å². The topological polar surface area (TPSA) is 79.0 Å². The van der Waals surface area contributed by atoms with Crippen LogP contribution in [0.3, 0.4) is 0 Å². The van der Waals surface area contributed by atoms with Gasteiger partial charge in [0.25, 0.3) is 0 Å². The van der Waals surface area contributed by atoms with Crippen LogP contribution in [0.5, 0.6) is 0 Å². The zero-order valence-electron chi connectivity index (χ0n) is 10.9. The van der Waals surface area contributed by atoms with E-state index < -0.39 is 10.0 Å². The standard InChI is InChI=1S/C10H21N3O4S/c1-17-8-3-11-9-10(14)12-4-6-13(7-5-12)18(2,15)16/h11H,3-9H2,1-2H3. The van der Waals surface area contributed by atoms with Gasteiger partial charge in [0.15, 0.2) is 0 Å². The molecule has 1 amide bonds. The number of sulfonamides is 1. The minimum Gasteiger partial charge on any atom is -0.383 e. The Morgan fingerprint density at radius 1 is 1.28 bits per heavy atom. The molecule has 106 valence electrons. The molecule has 1 fully saturated rings. The number of nitrogens with zero attached hydrogens (tertiary/aromatic N) is 2. The normalized spacial score (nSPS) is 18.0. The van der Waals surface area contributed by atoms with Crippen molar-refractivity contribution in [2.45, 2.75) is 0 Å². The van der Waals surface area contributed by atoms with E-state index in [9.17, 15) is 13.2 Å². The van der Waals surface area contributed by atoms with Crippen molar-refractivity contribution in [3.8, 4) is 0 Å². The lowest BCUT2D eigenvalue weighted by atomic mass is 10.3. The smallest absolute Gasteiger partial charge is 0.236 e. The molecule has 0 aromatic carbocycles. The van der Waals surface area contributed by atoms with Crippen molar-refractivity contribution in [3.05, 3.63) is 0 Å². The van der Waals surface area contributed by atoms with E-state index in [4.69, 9.17) is 4.74 Å². The Morgan fingerprint density at radius 3 is 2.39 bits per heavy atom. The number of nitrogens with one attached hydrogen (secondary N) is 1. The average Bonchev–Trinajstić information content (AvgIpc) is 2.33. The van der Waals surface area contributed by atoms with Gasteiger partial charge in [-0.25, -0.2) is 8.42 Å². The molecule has 0 unspecified atom stereocenters. The van der Waals surface area contributed by atoms with E-state index in [0.717, 1.165) is 0 Å². The van der Waals surface area contributed by atoms with Crippen LogP contribution in [0.4, 0.5) is 0 Å².